The number of halogens is 1. The van der Waals surface area contributed by atoms with Crippen molar-refractivity contribution in [1.29, 1.82) is 0 Å². The number of aryl methyl sites for hydroxylation is 1. The van der Waals surface area contributed by atoms with Crippen LogP contribution in [0.4, 0.5) is 0 Å². The van der Waals surface area contributed by atoms with Gasteiger partial charge in [-0.1, -0.05) is 13.8 Å². The monoisotopic (exact) mass is 478 g/mol. The Morgan fingerprint density at radius 3 is 2.50 bits per heavy atom. The topological polar surface area (TPSA) is 76.4 Å². The van der Waals surface area contributed by atoms with Gasteiger partial charge in [-0.3, -0.25) is 0 Å². The van der Waals surface area contributed by atoms with Crippen LogP contribution >= 0.6 is 24.0 Å². The van der Waals surface area contributed by atoms with E-state index in [1.54, 1.807) is 7.11 Å². The second kappa shape index (κ2) is 11.7. The van der Waals surface area contributed by atoms with E-state index in [1.165, 1.54) is 19.3 Å². The predicted octanol–water partition coefficient (Wildman–Crippen LogP) is 2.64. The molecule has 0 radical (unpaired) electrons. The molecule has 7 nitrogen and oxygen atoms in total. The van der Waals surface area contributed by atoms with Crippen LogP contribution in [0.5, 0.6) is 0 Å². The molecular formula is C18H35IN6O. The van der Waals surface area contributed by atoms with Crippen LogP contribution in [0.25, 0.3) is 0 Å². The summed E-state index contributed by atoms with van der Waals surface area (Å²) in [5, 5.41) is 15.4. The number of methoxy groups -OCH3 is 1. The number of guanidine groups is 1. The van der Waals surface area contributed by atoms with Gasteiger partial charge in [0.15, 0.2) is 11.8 Å². The van der Waals surface area contributed by atoms with Crippen molar-refractivity contribution in [3.63, 3.8) is 0 Å². The first kappa shape index (κ1) is 23.1. The zero-order chi connectivity index (χ0) is 18.2. The van der Waals surface area contributed by atoms with Gasteiger partial charge in [0.2, 0.25) is 0 Å². The minimum absolute atomic E-state index is 0. The molecule has 1 aliphatic carbocycles. The van der Waals surface area contributed by atoms with Crippen LogP contribution in [0.15, 0.2) is 4.99 Å². The first-order chi connectivity index (χ1) is 12.0. The highest BCUT2D eigenvalue weighted by Gasteiger charge is 2.24. The molecule has 0 amide bonds. The summed E-state index contributed by atoms with van der Waals surface area (Å²) in [5.41, 5.74) is 0. The van der Waals surface area contributed by atoms with Crippen LogP contribution in [0.1, 0.15) is 51.2 Å². The van der Waals surface area contributed by atoms with Crippen LogP contribution in [0.2, 0.25) is 0 Å². The number of hydrogen-bond acceptors (Lipinski definition) is 4. The quantitative estimate of drug-likeness (QED) is 0.273. The van der Waals surface area contributed by atoms with Gasteiger partial charge in [-0.15, -0.1) is 34.2 Å². The molecule has 0 aliphatic heterocycles. The van der Waals surface area contributed by atoms with E-state index in [2.05, 4.69) is 34.7 Å². The lowest BCUT2D eigenvalue weighted by Gasteiger charge is -2.33. The van der Waals surface area contributed by atoms with Gasteiger partial charge in [-0.05, 0) is 44.4 Å². The van der Waals surface area contributed by atoms with Crippen LogP contribution in [0, 0.1) is 18.8 Å². The highest BCUT2D eigenvalue weighted by Crippen LogP contribution is 2.28. The van der Waals surface area contributed by atoms with Crippen LogP contribution in [-0.4, -0.2) is 47.0 Å². The molecule has 2 unspecified atom stereocenters. The van der Waals surface area contributed by atoms with Gasteiger partial charge < -0.3 is 19.9 Å². The van der Waals surface area contributed by atoms with E-state index in [9.17, 15) is 0 Å². The Labute approximate surface area is 174 Å². The third-order valence-electron chi connectivity index (χ3n) is 4.90. The number of rotatable bonds is 7. The summed E-state index contributed by atoms with van der Waals surface area (Å²) in [6.07, 6.45) is 4.68. The molecule has 1 saturated carbocycles. The molecule has 0 spiro atoms. The maximum atomic E-state index is 5.13. The van der Waals surface area contributed by atoms with Gasteiger partial charge in [0.25, 0.3) is 0 Å². The molecule has 0 bridgehead atoms. The zero-order valence-corrected chi connectivity index (χ0v) is 19.1. The predicted molar refractivity (Wildman–Crippen MR) is 116 cm³/mol. The van der Waals surface area contributed by atoms with E-state index in [0.29, 0.717) is 12.6 Å². The number of nitrogens with one attached hydrogen (secondary N) is 2. The molecule has 1 fully saturated rings. The van der Waals surface area contributed by atoms with Crippen molar-refractivity contribution in [2.45, 2.75) is 59.0 Å². The lowest BCUT2D eigenvalue weighted by molar-refractivity contribution is 0.195. The Morgan fingerprint density at radius 2 is 1.92 bits per heavy atom. The van der Waals surface area contributed by atoms with Gasteiger partial charge in [-0.25, -0.2) is 4.99 Å². The summed E-state index contributed by atoms with van der Waals surface area (Å²) in [4.78, 5) is 4.74. The summed E-state index contributed by atoms with van der Waals surface area (Å²) < 4.78 is 7.11. The lowest BCUT2D eigenvalue weighted by atomic mass is 9.80. The molecule has 26 heavy (non-hydrogen) atoms. The Bertz CT molecular complexity index is 552. The summed E-state index contributed by atoms with van der Waals surface area (Å²) in [6.45, 7) is 8.75. The first-order valence-corrected chi connectivity index (χ1v) is 9.38. The summed E-state index contributed by atoms with van der Waals surface area (Å²) in [6, 6.07) is 0.480. The van der Waals surface area contributed by atoms with Crippen LogP contribution in [0.3, 0.4) is 0 Å². The molecule has 2 N–H and O–H groups in total. The van der Waals surface area contributed by atoms with E-state index in [0.717, 1.165) is 49.0 Å². The van der Waals surface area contributed by atoms with Crippen molar-refractivity contribution in [1.82, 2.24) is 25.4 Å². The number of aliphatic imine (C=N–C) groups is 1. The number of ether oxygens (including phenoxy) is 1. The second-order valence-electron chi connectivity index (χ2n) is 7.42. The third kappa shape index (κ3) is 7.38. The molecule has 2 rings (SSSR count). The molecule has 8 heteroatoms. The van der Waals surface area contributed by atoms with E-state index < -0.39 is 0 Å². The highest BCUT2D eigenvalue weighted by atomic mass is 127. The number of hydrogen-bond donors (Lipinski definition) is 2. The van der Waals surface area contributed by atoms with E-state index in [4.69, 9.17) is 9.73 Å². The number of nitrogens with zero attached hydrogens (tertiary/aromatic N) is 4. The van der Waals surface area contributed by atoms with Gasteiger partial charge >= 0.3 is 0 Å². The molecule has 0 saturated heterocycles. The van der Waals surface area contributed by atoms with Crippen molar-refractivity contribution < 1.29 is 4.74 Å². The smallest absolute Gasteiger partial charge is 0.191 e. The molecule has 0 aromatic carbocycles. The standard InChI is InChI=1S/C18H34N6O.HI/c1-13-9-14(2)11-16(10-13)21-18(19-7-6-8-25-5)20-12-17-23-22-15(3)24(17)4;/h13-14,16H,6-12H2,1-5H3,(H2,19,20,21);1H. The Morgan fingerprint density at radius 1 is 1.23 bits per heavy atom. The molecule has 1 heterocycles. The average Bonchev–Trinajstić information content (AvgIpc) is 2.87. The highest BCUT2D eigenvalue weighted by molar-refractivity contribution is 14.0. The maximum absolute atomic E-state index is 5.13. The first-order valence-electron chi connectivity index (χ1n) is 9.38. The van der Waals surface area contributed by atoms with Crippen LogP contribution < -0.4 is 10.6 Å². The molecule has 1 aromatic heterocycles. The molecule has 2 atom stereocenters. The Kier molecular flexibility index (Phi) is 10.4. The minimum atomic E-state index is 0. The average molecular weight is 478 g/mol. The van der Waals surface area contributed by atoms with Gasteiger partial charge in [0.05, 0.1) is 0 Å². The second-order valence-corrected chi connectivity index (χ2v) is 7.42. The SMILES string of the molecule is COCCCNC(=NCc1nnc(C)n1C)NC1CC(C)CC(C)C1.I. The van der Waals surface area contributed by atoms with E-state index >= 15 is 0 Å². The van der Waals surface area contributed by atoms with Gasteiger partial charge in [-0.2, -0.15) is 0 Å². The summed E-state index contributed by atoms with van der Waals surface area (Å²) in [7, 11) is 3.71. The molecular weight excluding hydrogens is 443 g/mol. The largest absolute Gasteiger partial charge is 0.385 e. The molecule has 1 aliphatic rings. The normalized spacial score (nSPS) is 23.4. The van der Waals surface area contributed by atoms with Crippen molar-refractivity contribution in [3.05, 3.63) is 11.6 Å². The Balaban J connectivity index is 0.00000338. The van der Waals surface area contributed by atoms with E-state index in [1.807, 2.05) is 18.5 Å². The van der Waals surface area contributed by atoms with Crippen molar-refractivity contribution in [2.75, 3.05) is 20.3 Å². The fourth-order valence-corrected chi connectivity index (χ4v) is 3.57. The Hall–Kier alpha value is -0.900. The summed E-state index contributed by atoms with van der Waals surface area (Å²) in [5.74, 6) is 4.17. The third-order valence-corrected chi connectivity index (χ3v) is 4.90. The molecule has 150 valence electrons. The zero-order valence-electron chi connectivity index (χ0n) is 16.8. The van der Waals surface area contributed by atoms with Crippen molar-refractivity contribution in [2.24, 2.45) is 23.9 Å². The van der Waals surface area contributed by atoms with E-state index in [-0.39, 0.29) is 24.0 Å². The van der Waals surface area contributed by atoms with Gasteiger partial charge in [0.1, 0.15) is 12.4 Å². The van der Waals surface area contributed by atoms with Crippen molar-refractivity contribution in [3.8, 4) is 0 Å². The minimum Gasteiger partial charge on any atom is -0.385 e. The maximum Gasteiger partial charge on any atom is 0.191 e. The molecule has 1 aromatic rings. The fourth-order valence-electron chi connectivity index (χ4n) is 3.57. The van der Waals surface area contributed by atoms with Crippen molar-refractivity contribution >= 4 is 29.9 Å². The fraction of sp³-hybridized carbons (Fsp3) is 0.833. The summed E-state index contributed by atoms with van der Waals surface area (Å²) >= 11 is 0. The van der Waals surface area contributed by atoms with Crippen LogP contribution in [-0.2, 0) is 18.3 Å². The number of aromatic nitrogens is 3. The van der Waals surface area contributed by atoms with Gasteiger partial charge in [0, 0.05) is 33.4 Å². The lowest BCUT2D eigenvalue weighted by Crippen LogP contribution is -2.46.